The number of benzene rings is 1. The van der Waals surface area contributed by atoms with Gasteiger partial charge in [0.2, 0.25) is 0 Å². The van der Waals surface area contributed by atoms with Gasteiger partial charge in [-0.25, -0.2) is 4.39 Å². The van der Waals surface area contributed by atoms with E-state index in [0.717, 1.165) is 6.07 Å². The minimum absolute atomic E-state index is 0.00250. The van der Waals surface area contributed by atoms with Gasteiger partial charge in [-0.15, -0.1) is 0 Å². The van der Waals surface area contributed by atoms with Crippen molar-refractivity contribution in [1.29, 1.82) is 0 Å². The third-order valence-electron chi connectivity index (χ3n) is 1.99. The molecule has 15 heavy (non-hydrogen) atoms. The topological polar surface area (TPSA) is 26.0 Å². The van der Waals surface area contributed by atoms with Crippen LogP contribution < -0.4 is 5.73 Å². The summed E-state index contributed by atoms with van der Waals surface area (Å²) < 4.78 is 50.7. The van der Waals surface area contributed by atoms with Gasteiger partial charge in [-0.3, -0.25) is 0 Å². The highest BCUT2D eigenvalue weighted by molar-refractivity contribution is 9.10. The lowest BCUT2D eigenvalue weighted by molar-refractivity contribution is -0.148. The van der Waals surface area contributed by atoms with Gasteiger partial charge in [0.05, 0.1) is 10.4 Å². The Morgan fingerprint density at radius 1 is 1.33 bits per heavy atom. The van der Waals surface area contributed by atoms with Gasteiger partial charge in [0.15, 0.2) is 0 Å². The van der Waals surface area contributed by atoms with Crippen molar-refractivity contribution in [3.05, 3.63) is 34.1 Å². The smallest absolute Gasteiger partial charge is 0.330 e. The van der Waals surface area contributed by atoms with E-state index >= 15 is 0 Å². The van der Waals surface area contributed by atoms with Crippen molar-refractivity contribution in [2.75, 3.05) is 6.54 Å². The van der Waals surface area contributed by atoms with Crippen LogP contribution in [0.3, 0.4) is 0 Å². The zero-order chi connectivity index (χ0) is 11.6. The van der Waals surface area contributed by atoms with Crippen LogP contribution in [-0.4, -0.2) is 12.7 Å². The minimum atomic E-state index is -4.53. The lowest BCUT2D eigenvalue weighted by Gasteiger charge is -2.19. The van der Waals surface area contributed by atoms with Crippen LogP contribution in [-0.2, 0) is 0 Å². The molecule has 84 valence electrons. The first-order valence-electron chi connectivity index (χ1n) is 4.08. The van der Waals surface area contributed by atoms with Crippen LogP contribution in [0.15, 0.2) is 22.7 Å². The summed E-state index contributed by atoms with van der Waals surface area (Å²) in [5.41, 5.74) is 4.58. The molecule has 0 fully saturated rings. The highest BCUT2D eigenvalue weighted by Crippen LogP contribution is 2.36. The molecule has 0 saturated carbocycles. The number of hydrogen-bond acceptors (Lipinski definition) is 1. The van der Waals surface area contributed by atoms with E-state index in [9.17, 15) is 17.6 Å². The minimum Gasteiger partial charge on any atom is -0.330 e. The van der Waals surface area contributed by atoms with E-state index in [0.29, 0.717) is 0 Å². The second kappa shape index (κ2) is 4.49. The molecule has 0 aliphatic rings. The van der Waals surface area contributed by atoms with Crippen molar-refractivity contribution in [2.45, 2.75) is 12.1 Å². The van der Waals surface area contributed by atoms with Crippen molar-refractivity contribution in [3.8, 4) is 0 Å². The molecule has 2 N–H and O–H groups in total. The number of hydrogen-bond donors (Lipinski definition) is 1. The molecule has 1 aromatic rings. The molecule has 0 radical (unpaired) electrons. The summed E-state index contributed by atoms with van der Waals surface area (Å²) in [4.78, 5) is 0. The van der Waals surface area contributed by atoms with Crippen molar-refractivity contribution >= 4 is 15.9 Å². The van der Waals surface area contributed by atoms with Crippen LogP contribution in [0.1, 0.15) is 11.5 Å². The van der Waals surface area contributed by atoms with Gasteiger partial charge in [-0.2, -0.15) is 13.2 Å². The maximum atomic E-state index is 13.4. The molecule has 0 bridgehead atoms. The van der Waals surface area contributed by atoms with E-state index in [4.69, 9.17) is 5.73 Å². The van der Waals surface area contributed by atoms with E-state index in [-0.39, 0.29) is 4.47 Å². The monoisotopic (exact) mass is 285 g/mol. The number of alkyl halides is 3. The largest absolute Gasteiger partial charge is 0.397 e. The zero-order valence-corrected chi connectivity index (χ0v) is 9.07. The predicted octanol–water partition coefficient (Wildman–Crippen LogP) is 3.19. The van der Waals surface area contributed by atoms with Crippen LogP contribution in [0, 0.1) is 5.82 Å². The maximum absolute atomic E-state index is 13.4. The molecular weight excluding hydrogens is 278 g/mol. The number of rotatable bonds is 2. The molecular formula is C9H8BrF4N. The Kier molecular flexibility index (Phi) is 3.72. The first kappa shape index (κ1) is 12.4. The molecule has 1 rings (SSSR count). The molecule has 0 amide bonds. The second-order valence-electron chi connectivity index (χ2n) is 2.97. The van der Waals surface area contributed by atoms with Gasteiger partial charge in [-0.05, 0) is 22.0 Å². The molecule has 0 aromatic heterocycles. The van der Waals surface area contributed by atoms with Gasteiger partial charge in [0, 0.05) is 12.1 Å². The Labute approximate surface area is 92.4 Å². The van der Waals surface area contributed by atoms with E-state index in [1.807, 2.05) is 0 Å². The highest BCUT2D eigenvalue weighted by Gasteiger charge is 2.41. The van der Waals surface area contributed by atoms with Crippen LogP contribution in [0.2, 0.25) is 0 Å². The van der Waals surface area contributed by atoms with E-state index in [2.05, 4.69) is 15.9 Å². The Bertz CT molecular complexity index is 350. The summed E-state index contributed by atoms with van der Waals surface area (Å²) in [5.74, 6) is -2.87. The third kappa shape index (κ3) is 2.69. The summed E-state index contributed by atoms with van der Waals surface area (Å²) in [6, 6.07) is 3.77. The standard InChI is InChI=1S/C9H8BrF4N/c10-7-3-1-2-5(8(7)11)6(4-15)9(12,13)14/h1-3,6H,4,15H2. The summed E-state index contributed by atoms with van der Waals surface area (Å²) in [7, 11) is 0. The molecule has 6 heteroatoms. The van der Waals surface area contributed by atoms with Crippen molar-refractivity contribution < 1.29 is 17.6 Å². The van der Waals surface area contributed by atoms with Crippen molar-refractivity contribution in [3.63, 3.8) is 0 Å². The normalized spacial score (nSPS) is 14.0. The van der Waals surface area contributed by atoms with Gasteiger partial charge < -0.3 is 5.73 Å². The SMILES string of the molecule is NCC(c1cccc(Br)c1F)C(F)(F)F. The molecule has 0 saturated heterocycles. The van der Waals surface area contributed by atoms with Crippen LogP contribution in [0.25, 0.3) is 0 Å². The quantitative estimate of drug-likeness (QED) is 0.830. The van der Waals surface area contributed by atoms with Crippen molar-refractivity contribution in [1.82, 2.24) is 0 Å². The summed E-state index contributed by atoms with van der Waals surface area (Å²) >= 11 is 2.83. The fourth-order valence-electron chi connectivity index (χ4n) is 1.23. The molecule has 1 atom stereocenters. The Morgan fingerprint density at radius 3 is 2.40 bits per heavy atom. The Morgan fingerprint density at radius 2 is 1.93 bits per heavy atom. The molecule has 0 aliphatic carbocycles. The Balaban J connectivity index is 3.19. The lowest BCUT2D eigenvalue weighted by atomic mass is 9.98. The zero-order valence-electron chi connectivity index (χ0n) is 7.48. The van der Waals surface area contributed by atoms with Crippen LogP contribution in [0.4, 0.5) is 17.6 Å². The molecule has 1 nitrogen and oxygen atoms in total. The van der Waals surface area contributed by atoms with E-state index in [1.54, 1.807) is 0 Å². The van der Waals surface area contributed by atoms with E-state index in [1.165, 1.54) is 12.1 Å². The van der Waals surface area contributed by atoms with Crippen molar-refractivity contribution in [2.24, 2.45) is 5.73 Å². The first-order valence-corrected chi connectivity index (χ1v) is 4.88. The lowest BCUT2D eigenvalue weighted by Crippen LogP contribution is -2.28. The van der Waals surface area contributed by atoms with Crippen LogP contribution in [0.5, 0.6) is 0 Å². The fraction of sp³-hybridized carbons (Fsp3) is 0.333. The van der Waals surface area contributed by atoms with E-state index < -0.39 is 30.0 Å². The average molecular weight is 286 g/mol. The summed E-state index contributed by atoms with van der Waals surface area (Å²) in [6.07, 6.45) is -4.53. The highest BCUT2D eigenvalue weighted by atomic mass is 79.9. The summed E-state index contributed by atoms with van der Waals surface area (Å²) in [5, 5.41) is 0. The second-order valence-corrected chi connectivity index (χ2v) is 3.83. The first-order chi connectivity index (χ1) is 6.88. The van der Waals surface area contributed by atoms with Gasteiger partial charge in [0.1, 0.15) is 5.82 Å². The molecule has 1 aromatic carbocycles. The van der Waals surface area contributed by atoms with Gasteiger partial charge in [-0.1, -0.05) is 12.1 Å². The third-order valence-corrected chi connectivity index (χ3v) is 2.60. The van der Waals surface area contributed by atoms with Gasteiger partial charge in [0.25, 0.3) is 0 Å². The van der Waals surface area contributed by atoms with Gasteiger partial charge >= 0.3 is 6.18 Å². The molecule has 0 aliphatic heterocycles. The fourth-order valence-corrected chi connectivity index (χ4v) is 1.61. The maximum Gasteiger partial charge on any atom is 0.397 e. The number of nitrogens with two attached hydrogens (primary N) is 1. The predicted molar refractivity (Wildman–Crippen MR) is 52.0 cm³/mol. The number of halogens is 5. The molecule has 0 heterocycles. The Hall–Kier alpha value is -0.620. The summed E-state index contributed by atoms with van der Waals surface area (Å²) in [6.45, 7) is -0.670. The van der Waals surface area contributed by atoms with Crippen LogP contribution >= 0.6 is 15.9 Å². The molecule has 1 unspecified atom stereocenters. The average Bonchev–Trinajstić information content (AvgIpc) is 2.11. The molecule has 0 spiro atoms.